The standard InChI is InChI=1S/C8H16N2O4S2.2ClH/c1-7(9,5(11)12)3-15-16-4-8(2,10)6(13)14;;/h3-4,9-10H2,1-2H3,(H,11,12)(H,13,14);2*1H/t7-,8-;;/m0../s1. The maximum atomic E-state index is 10.7. The van der Waals surface area contributed by atoms with E-state index in [-0.39, 0.29) is 36.3 Å². The molecule has 0 aromatic heterocycles. The summed E-state index contributed by atoms with van der Waals surface area (Å²) < 4.78 is 0. The average molecular weight is 341 g/mol. The highest BCUT2D eigenvalue weighted by molar-refractivity contribution is 8.76. The first-order valence-corrected chi connectivity index (χ1v) is 6.87. The van der Waals surface area contributed by atoms with E-state index in [2.05, 4.69) is 0 Å². The molecule has 18 heavy (non-hydrogen) atoms. The largest absolute Gasteiger partial charge is 0.480 e. The van der Waals surface area contributed by atoms with Crippen LogP contribution >= 0.6 is 46.4 Å². The van der Waals surface area contributed by atoms with Crippen molar-refractivity contribution in [2.75, 3.05) is 11.5 Å². The number of halogens is 2. The fraction of sp³-hybridized carbons (Fsp3) is 0.750. The lowest BCUT2D eigenvalue weighted by Gasteiger charge is -2.20. The van der Waals surface area contributed by atoms with Crippen LogP contribution < -0.4 is 11.5 Å². The van der Waals surface area contributed by atoms with Crippen molar-refractivity contribution in [2.45, 2.75) is 24.9 Å². The first-order valence-electron chi connectivity index (χ1n) is 4.38. The van der Waals surface area contributed by atoms with Gasteiger partial charge >= 0.3 is 11.9 Å². The van der Waals surface area contributed by atoms with Crippen LogP contribution in [-0.2, 0) is 9.59 Å². The number of carboxylic acid groups (broad SMARTS) is 2. The van der Waals surface area contributed by atoms with Gasteiger partial charge in [0.25, 0.3) is 0 Å². The Kier molecular flexibility index (Phi) is 11.8. The Morgan fingerprint density at radius 1 is 0.944 bits per heavy atom. The van der Waals surface area contributed by atoms with Gasteiger partial charge < -0.3 is 21.7 Å². The number of carboxylic acids is 2. The quantitative estimate of drug-likeness (QED) is 0.396. The number of hydrogen-bond acceptors (Lipinski definition) is 6. The third-order valence-corrected chi connectivity index (χ3v) is 4.59. The molecular weight excluding hydrogens is 323 g/mol. The van der Waals surface area contributed by atoms with E-state index in [4.69, 9.17) is 21.7 Å². The molecule has 0 unspecified atom stereocenters. The van der Waals surface area contributed by atoms with E-state index in [1.165, 1.54) is 35.4 Å². The molecule has 0 fully saturated rings. The average Bonchev–Trinajstić information content (AvgIpc) is 2.12. The summed E-state index contributed by atoms with van der Waals surface area (Å²) in [5.74, 6) is -1.81. The minimum Gasteiger partial charge on any atom is -0.480 e. The van der Waals surface area contributed by atoms with E-state index in [0.717, 1.165) is 0 Å². The first kappa shape index (κ1) is 23.2. The van der Waals surface area contributed by atoms with Gasteiger partial charge in [0, 0.05) is 11.5 Å². The molecular formula is C8H18Cl2N2O4S2. The molecule has 0 bridgehead atoms. The predicted octanol–water partition coefficient (Wildman–Crippen LogP) is 0.815. The lowest BCUT2D eigenvalue weighted by molar-refractivity contribution is -0.142. The SMILES string of the molecule is C[C@](N)(CSSC[C@](C)(N)C(=O)O)C(=O)O.Cl.Cl. The van der Waals surface area contributed by atoms with E-state index >= 15 is 0 Å². The molecule has 0 aromatic carbocycles. The molecule has 2 atom stereocenters. The van der Waals surface area contributed by atoms with Gasteiger partial charge in [0.15, 0.2) is 0 Å². The zero-order valence-electron chi connectivity index (χ0n) is 9.91. The number of carbonyl (C=O) groups is 2. The Morgan fingerprint density at radius 3 is 1.33 bits per heavy atom. The highest BCUT2D eigenvalue weighted by Crippen LogP contribution is 2.27. The Balaban J connectivity index is -0.00000112. The van der Waals surface area contributed by atoms with Crippen LogP contribution in [-0.4, -0.2) is 44.7 Å². The molecule has 0 heterocycles. The number of nitrogens with two attached hydrogens (primary N) is 2. The van der Waals surface area contributed by atoms with Crippen LogP contribution in [0.15, 0.2) is 0 Å². The minimum atomic E-state index is -1.31. The molecule has 0 radical (unpaired) electrons. The molecule has 0 aliphatic rings. The summed E-state index contributed by atoms with van der Waals surface area (Å²) in [6, 6.07) is 0. The summed E-state index contributed by atoms with van der Waals surface area (Å²) >= 11 is 0. The topological polar surface area (TPSA) is 127 Å². The van der Waals surface area contributed by atoms with Gasteiger partial charge in [-0.2, -0.15) is 0 Å². The summed E-state index contributed by atoms with van der Waals surface area (Å²) in [7, 11) is 2.40. The van der Waals surface area contributed by atoms with Crippen molar-refractivity contribution in [1.29, 1.82) is 0 Å². The molecule has 110 valence electrons. The zero-order chi connectivity index (χ0) is 13.0. The molecule has 0 saturated heterocycles. The van der Waals surface area contributed by atoms with E-state index in [1.54, 1.807) is 0 Å². The van der Waals surface area contributed by atoms with Gasteiger partial charge in [0.05, 0.1) is 0 Å². The normalized spacial score (nSPS) is 16.4. The van der Waals surface area contributed by atoms with Crippen molar-refractivity contribution < 1.29 is 19.8 Å². The fourth-order valence-corrected chi connectivity index (χ4v) is 3.32. The third kappa shape index (κ3) is 8.28. The molecule has 0 rings (SSSR count). The Bertz CT molecular complexity index is 262. The minimum absolute atomic E-state index is 0. The smallest absolute Gasteiger partial charge is 0.324 e. The summed E-state index contributed by atoms with van der Waals surface area (Å²) in [6.07, 6.45) is 0. The van der Waals surface area contributed by atoms with E-state index < -0.39 is 23.0 Å². The van der Waals surface area contributed by atoms with E-state index in [9.17, 15) is 9.59 Å². The van der Waals surface area contributed by atoms with Crippen LogP contribution in [0.4, 0.5) is 0 Å². The second-order valence-electron chi connectivity index (χ2n) is 3.97. The molecule has 0 aromatic rings. The van der Waals surface area contributed by atoms with E-state index in [1.807, 2.05) is 0 Å². The molecule has 0 aliphatic heterocycles. The van der Waals surface area contributed by atoms with Gasteiger partial charge in [-0.15, -0.1) is 24.8 Å². The van der Waals surface area contributed by atoms with Crippen LogP contribution in [0.25, 0.3) is 0 Å². The van der Waals surface area contributed by atoms with Gasteiger partial charge in [-0.1, -0.05) is 21.6 Å². The highest BCUT2D eigenvalue weighted by Gasteiger charge is 2.30. The van der Waals surface area contributed by atoms with E-state index in [0.29, 0.717) is 0 Å². The molecule has 6 N–H and O–H groups in total. The highest BCUT2D eigenvalue weighted by atomic mass is 35.5. The Labute approximate surface area is 126 Å². The molecule has 0 spiro atoms. The van der Waals surface area contributed by atoms with Crippen molar-refractivity contribution >= 4 is 58.3 Å². The zero-order valence-corrected chi connectivity index (χ0v) is 13.2. The Hall–Kier alpha value is 0.140. The van der Waals surface area contributed by atoms with Crippen molar-refractivity contribution in [2.24, 2.45) is 11.5 Å². The summed E-state index contributed by atoms with van der Waals surface area (Å²) in [6.45, 7) is 2.81. The molecule has 0 saturated carbocycles. The van der Waals surface area contributed by atoms with Gasteiger partial charge in [0.2, 0.25) is 0 Å². The van der Waals surface area contributed by atoms with Gasteiger partial charge in [-0.25, -0.2) is 0 Å². The predicted molar refractivity (Wildman–Crippen MR) is 79.9 cm³/mol. The maximum absolute atomic E-state index is 10.7. The number of rotatable bonds is 7. The lowest BCUT2D eigenvalue weighted by Crippen LogP contribution is -2.48. The monoisotopic (exact) mass is 340 g/mol. The van der Waals surface area contributed by atoms with Gasteiger partial charge in [-0.3, -0.25) is 9.59 Å². The molecule has 0 aliphatic carbocycles. The van der Waals surface area contributed by atoms with Crippen molar-refractivity contribution in [1.82, 2.24) is 0 Å². The lowest BCUT2D eigenvalue weighted by atomic mass is 10.1. The second-order valence-corrected chi connectivity index (χ2v) is 6.43. The first-order chi connectivity index (χ1) is 7.09. The fourth-order valence-electron chi connectivity index (χ4n) is 0.452. The Morgan fingerprint density at radius 2 is 1.17 bits per heavy atom. The summed E-state index contributed by atoms with van der Waals surface area (Å²) in [5.41, 5.74) is 8.35. The van der Waals surface area contributed by atoms with Crippen molar-refractivity contribution in [3.8, 4) is 0 Å². The van der Waals surface area contributed by atoms with Crippen LogP contribution in [0.1, 0.15) is 13.8 Å². The molecule has 0 amide bonds. The summed E-state index contributed by atoms with van der Waals surface area (Å²) in [5, 5.41) is 17.4. The van der Waals surface area contributed by atoms with Crippen molar-refractivity contribution in [3.05, 3.63) is 0 Å². The molecule has 6 nitrogen and oxygen atoms in total. The third-order valence-electron chi connectivity index (χ3n) is 1.78. The van der Waals surface area contributed by atoms with Crippen LogP contribution in [0.2, 0.25) is 0 Å². The van der Waals surface area contributed by atoms with Gasteiger partial charge in [0.1, 0.15) is 11.1 Å². The van der Waals surface area contributed by atoms with Crippen LogP contribution in [0.3, 0.4) is 0 Å². The van der Waals surface area contributed by atoms with Crippen LogP contribution in [0.5, 0.6) is 0 Å². The maximum Gasteiger partial charge on any atom is 0.324 e. The second kappa shape index (κ2) is 9.11. The summed E-state index contributed by atoms with van der Waals surface area (Å²) in [4.78, 5) is 21.3. The molecule has 10 heteroatoms. The number of aliphatic carboxylic acids is 2. The number of hydrogen-bond donors (Lipinski definition) is 4. The van der Waals surface area contributed by atoms with Gasteiger partial charge in [-0.05, 0) is 13.8 Å². The van der Waals surface area contributed by atoms with Crippen LogP contribution in [0, 0.1) is 0 Å². The van der Waals surface area contributed by atoms with Crippen molar-refractivity contribution in [3.63, 3.8) is 0 Å².